The SMILES string of the molecule is Nc1cc(-c2ncco2)ccc1N1CCCCC1. The summed E-state index contributed by atoms with van der Waals surface area (Å²) in [5, 5.41) is 0. The lowest BCUT2D eigenvalue weighted by Gasteiger charge is -2.29. The Morgan fingerprint density at radius 3 is 2.67 bits per heavy atom. The van der Waals surface area contributed by atoms with E-state index in [9.17, 15) is 0 Å². The Balaban J connectivity index is 1.89. The second kappa shape index (κ2) is 4.72. The lowest BCUT2D eigenvalue weighted by molar-refractivity contribution is 0.574. The van der Waals surface area contributed by atoms with Crippen molar-refractivity contribution in [2.24, 2.45) is 0 Å². The number of anilines is 2. The van der Waals surface area contributed by atoms with Crippen LogP contribution in [-0.2, 0) is 0 Å². The van der Waals surface area contributed by atoms with E-state index in [0.29, 0.717) is 5.89 Å². The van der Waals surface area contributed by atoms with Crippen LogP contribution in [0.5, 0.6) is 0 Å². The van der Waals surface area contributed by atoms with E-state index in [1.54, 1.807) is 12.5 Å². The average molecular weight is 243 g/mol. The summed E-state index contributed by atoms with van der Waals surface area (Å²) >= 11 is 0. The molecule has 1 saturated heterocycles. The number of benzene rings is 1. The first-order chi connectivity index (χ1) is 8.84. The first kappa shape index (κ1) is 11.1. The van der Waals surface area contributed by atoms with Crippen molar-refractivity contribution in [1.82, 2.24) is 4.98 Å². The molecule has 2 heterocycles. The molecule has 2 aromatic rings. The molecule has 0 radical (unpaired) electrons. The van der Waals surface area contributed by atoms with Crippen LogP contribution in [-0.4, -0.2) is 18.1 Å². The predicted octanol–water partition coefficient (Wildman–Crippen LogP) is 2.91. The summed E-state index contributed by atoms with van der Waals surface area (Å²) in [7, 11) is 0. The molecule has 1 fully saturated rings. The summed E-state index contributed by atoms with van der Waals surface area (Å²) in [6.45, 7) is 2.20. The molecule has 1 aromatic heterocycles. The highest BCUT2D eigenvalue weighted by molar-refractivity contribution is 5.74. The van der Waals surface area contributed by atoms with Gasteiger partial charge in [0.25, 0.3) is 0 Å². The van der Waals surface area contributed by atoms with E-state index in [1.165, 1.54) is 19.3 Å². The molecule has 1 aliphatic rings. The van der Waals surface area contributed by atoms with Gasteiger partial charge in [0, 0.05) is 18.7 Å². The third-order valence-corrected chi connectivity index (χ3v) is 3.40. The quantitative estimate of drug-likeness (QED) is 0.824. The van der Waals surface area contributed by atoms with Crippen molar-refractivity contribution in [2.75, 3.05) is 23.7 Å². The van der Waals surface area contributed by atoms with Crippen molar-refractivity contribution in [3.63, 3.8) is 0 Å². The van der Waals surface area contributed by atoms with Crippen LogP contribution >= 0.6 is 0 Å². The molecule has 1 aromatic carbocycles. The molecule has 0 unspecified atom stereocenters. The van der Waals surface area contributed by atoms with Gasteiger partial charge in [0.15, 0.2) is 0 Å². The fourth-order valence-corrected chi connectivity index (χ4v) is 2.48. The van der Waals surface area contributed by atoms with Crippen molar-refractivity contribution in [3.8, 4) is 11.5 Å². The molecule has 94 valence electrons. The van der Waals surface area contributed by atoms with E-state index < -0.39 is 0 Å². The van der Waals surface area contributed by atoms with Gasteiger partial charge in [0.05, 0.1) is 17.6 Å². The smallest absolute Gasteiger partial charge is 0.225 e. The molecule has 0 spiro atoms. The summed E-state index contributed by atoms with van der Waals surface area (Å²) in [6.07, 6.45) is 7.04. The molecule has 0 aliphatic carbocycles. The highest BCUT2D eigenvalue weighted by Crippen LogP contribution is 2.30. The Labute approximate surface area is 106 Å². The third-order valence-electron chi connectivity index (χ3n) is 3.40. The Morgan fingerprint density at radius 2 is 2.00 bits per heavy atom. The number of hydrogen-bond donors (Lipinski definition) is 1. The lowest BCUT2D eigenvalue weighted by atomic mass is 10.1. The number of nitrogen functional groups attached to an aromatic ring is 1. The maximum atomic E-state index is 6.15. The predicted molar refractivity (Wildman–Crippen MR) is 72.4 cm³/mol. The van der Waals surface area contributed by atoms with E-state index in [0.717, 1.165) is 30.0 Å². The first-order valence-corrected chi connectivity index (χ1v) is 6.39. The normalized spacial score (nSPS) is 15.9. The number of aromatic nitrogens is 1. The monoisotopic (exact) mass is 243 g/mol. The second-order valence-electron chi connectivity index (χ2n) is 4.66. The van der Waals surface area contributed by atoms with Gasteiger partial charge in [0.1, 0.15) is 6.26 Å². The van der Waals surface area contributed by atoms with Crippen LogP contribution in [0.3, 0.4) is 0 Å². The van der Waals surface area contributed by atoms with Gasteiger partial charge in [-0.15, -0.1) is 0 Å². The molecular formula is C14H17N3O. The zero-order valence-corrected chi connectivity index (χ0v) is 10.3. The fraction of sp³-hybridized carbons (Fsp3) is 0.357. The van der Waals surface area contributed by atoms with Gasteiger partial charge in [-0.1, -0.05) is 0 Å². The first-order valence-electron chi connectivity index (χ1n) is 6.39. The Hall–Kier alpha value is -1.97. The van der Waals surface area contributed by atoms with Crippen molar-refractivity contribution in [1.29, 1.82) is 0 Å². The minimum Gasteiger partial charge on any atom is -0.445 e. The van der Waals surface area contributed by atoms with Gasteiger partial charge < -0.3 is 15.1 Å². The number of oxazole rings is 1. The van der Waals surface area contributed by atoms with E-state index in [2.05, 4.69) is 16.0 Å². The van der Waals surface area contributed by atoms with Crippen LogP contribution in [0.1, 0.15) is 19.3 Å². The standard InChI is InChI=1S/C14H17N3O/c15-12-10-11(14-16-6-9-18-14)4-5-13(12)17-7-2-1-3-8-17/h4-6,9-10H,1-3,7-8,15H2. The number of piperidine rings is 1. The number of rotatable bonds is 2. The van der Waals surface area contributed by atoms with Crippen molar-refractivity contribution in [2.45, 2.75) is 19.3 Å². The highest BCUT2D eigenvalue weighted by Gasteiger charge is 2.14. The summed E-state index contributed by atoms with van der Waals surface area (Å²) in [5.41, 5.74) is 9.00. The van der Waals surface area contributed by atoms with E-state index >= 15 is 0 Å². The molecule has 0 amide bonds. The number of hydrogen-bond acceptors (Lipinski definition) is 4. The molecule has 0 atom stereocenters. The van der Waals surface area contributed by atoms with Crippen LogP contribution in [0.15, 0.2) is 35.1 Å². The molecule has 18 heavy (non-hydrogen) atoms. The maximum Gasteiger partial charge on any atom is 0.225 e. The second-order valence-corrected chi connectivity index (χ2v) is 4.66. The maximum absolute atomic E-state index is 6.15. The highest BCUT2D eigenvalue weighted by atomic mass is 16.3. The van der Waals surface area contributed by atoms with E-state index in [-0.39, 0.29) is 0 Å². The summed E-state index contributed by atoms with van der Waals surface area (Å²) < 4.78 is 5.28. The van der Waals surface area contributed by atoms with Crippen LogP contribution < -0.4 is 10.6 Å². The van der Waals surface area contributed by atoms with Gasteiger partial charge in [0.2, 0.25) is 5.89 Å². The van der Waals surface area contributed by atoms with Gasteiger partial charge in [-0.3, -0.25) is 0 Å². The van der Waals surface area contributed by atoms with Crippen LogP contribution in [0, 0.1) is 0 Å². The van der Waals surface area contributed by atoms with Gasteiger partial charge in [-0.2, -0.15) is 0 Å². The summed E-state index contributed by atoms with van der Waals surface area (Å²) in [6, 6.07) is 6.03. The zero-order valence-electron chi connectivity index (χ0n) is 10.3. The molecule has 0 saturated carbocycles. The number of nitrogens with two attached hydrogens (primary N) is 1. The summed E-state index contributed by atoms with van der Waals surface area (Å²) in [4.78, 5) is 6.49. The fourth-order valence-electron chi connectivity index (χ4n) is 2.48. The van der Waals surface area contributed by atoms with Crippen molar-refractivity contribution < 1.29 is 4.42 Å². The van der Waals surface area contributed by atoms with Crippen LogP contribution in [0.4, 0.5) is 11.4 Å². The Bertz CT molecular complexity index is 516. The molecule has 1 aliphatic heterocycles. The largest absolute Gasteiger partial charge is 0.445 e. The van der Waals surface area contributed by atoms with E-state index in [4.69, 9.17) is 10.2 Å². The molecule has 4 heteroatoms. The van der Waals surface area contributed by atoms with Gasteiger partial charge >= 0.3 is 0 Å². The summed E-state index contributed by atoms with van der Waals surface area (Å²) in [5.74, 6) is 0.617. The molecule has 0 bridgehead atoms. The van der Waals surface area contributed by atoms with E-state index in [1.807, 2.05) is 12.1 Å². The minimum atomic E-state index is 0.617. The molecule has 3 rings (SSSR count). The topological polar surface area (TPSA) is 55.3 Å². The average Bonchev–Trinajstić information content (AvgIpc) is 2.93. The third kappa shape index (κ3) is 2.06. The van der Waals surface area contributed by atoms with Crippen LogP contribution in [0.25, 0.3) is 11.5 Å². The van der Waals surface area contributed by atoms with Crippen molar-refractivity contribution in [3.05, 3.63) is 30.7 Å². The number of nitrogens with zero attached hydrogens (tertiary/aromatic N) is 2. The Morgan fingerprint density at radius 1 is 1.17 bits per heavy atom. The molecule has 2 N–H and O–H groups in total. The van der Waals surface area contributed by atoms with Gasteiger partial charge in [-0.05, 0) is 37.5 Å². The molecule has 4 nitrogen and oxygen atoms in total. The lowest BCUT2D eigenvalue weighted by Crippen LogP contribution is -2.29. The van der Waals surface area contributed by atoms with Gasteiger partial charge in [-0.25, -0.2) is 4.98 Å². The minimum absolute atomic E-state index is 0.617. The zero-order chi connectivity index (χ0) is 12.4. The molecular weight excluding hydrogens is 226 g/mol. The Kier molecular flexibility index (Phi) is 2.92. The van der Waals surface area contributed by atoms with Crippen molar-refractivity contribution >= 4 is 11.4 Å². The van der Waals surface area contributed by atoms with Crippen LogP contribution in [0.2, 0.25) is 0 Å².